The quantitative estimate of drug-likeness (QED) is 0.391. The van der Waals surface area contributed by atoms with Crippen LogP contribution in [0.1, 0.15) is 90.9 Å². The predicted molar refractivity (Wildman–Crippen MR) is 90.5 cm³/mol. The fourth-order valence-corrected chi connectivity index (χ4v) is 2.95. The zero-order valence-electron chi connectivity index (χ0n) is 14.7. The van der Waals surface area contributed by atoms with Gasteiger partial charge in [0.2, 0.25) is 0 Å². The van der Waals surface area contributed by atoms with Gasteiger partial charge in [-0.1, -0.05) is 71.6 Å². The lowest BCUT2D eigenvalue weighted by atomic mass is 9.79. The second-order valence-corrected chi connectivity index (χ2v) is 6.49. The topological polar surface area (TPSA) is 94.8 Å². The van der Waals surface area contributed by atoms with Crippen molar-refractivity contribution in [3.63, 3.8) is 0 Å². The van der Waals surface area contributed by atoms with Gasteiger partial charge in [0.25, 0.3) is 0 Å². The number of aliphatic carboxylic acids is 2. The lowest BCUT2D eigenvalue weighted by molar-refractivity contribution is -0.176. The molecule has 0 rings (SSSR count). The molecule has 2 atom stereocenters. The molecule has 23 heavy (non-hydrogen) atoms. The van der Waals surface area contributed by atoms with Gasteiger partial charge in [0, 0.05) is 0 Å². The van der Waals surface area contributed by atoms with Crippen LogP contribution in [0.2, 0.25) is 0 Å². The number of carbonyl (C=O) groups is 2. The zero-order chi connectivity index (χ0) is 17.7. The summed E-state index contributed by atoms with van der Waals surface area (Å²) < 4.78 is 0. The molecule has 2 unspecified atom stereocenters. The molecule has 0 spiro atoms. The summed E-state index contributed by atoms with van der Waals surface area (Å²) in [6.07, 6.45) is 9.54. The van der Waals surface area contributed by atoms with E-state index in [1.165, 1.54) is 6.42 Å². The van der Waals surface area contributed by atoms with E-state index >= 15 is 0 Å². The molecule has 0 fully saturated rings. The van der Waals surface area contributed by atoms with Gasteiger partial charge in [-0.3, -0.25) is 4.79 Å². The van der Waals surface area contributed by atoms with Crippen LogP contribution < -0.4 is 0 Å². The van der Waals surface area contributed by atoms with Crippen molar-refractivity contribution in [1.82, 2.24) is 0 Å². The fraction of sp³-hybridized carbons (Fsp3) is 0.889. The Morgan fingerprint density at radius 1 is 0.826 bits per heavy atom. The van der Waals surface area contributed by atoms with Gasteiger partial charge in [-0.25, -0.2) is 4.79 Å². The van der Waals surface area contributed by atoms with Gasteiger partial charge in [0.15, 0.2) is 5.60 Å². The number of unbranched alkanes of at least 4 members (excludes halogenated alkanes) is 8. The van der Waals surface area contributed by atoms with Crippen LogP contribution in [-0.2, 0) is 9.59 Å². The molecule has 0 aliphatic rings. The van der Waals surface area contributed by atoms with E-state index in [-0.39, 0.29) is 12.8 Å². The summed E-state index contributed by atoms with van der Waals surface area (Å²) in [6, 6.07) is 0. The van der Waals surface area contributed by atoms with Gasteiger partial charge >= 0.3 is 11.9 Å². The second-order valence-electron chi connectivity index (χ2n) is 6.49. The molecule has 5 nitrogen and oxygen atoms in total. The van der Waals surface area contributed by atoms with Crippen LogP contribution in [0.3, 0.4) is 0 Å². The molecule has 0 aromatic heterocycles. The van der Waals surface area contributed by atoms with E-state index in [0.717, 1.165) is 44.9 Å². The summed E-state index contributed by atoms with van der Waals surface area (Å²) >= 11 is 0. The molecule has 0 aliphatic carbocycles. The molecule has 0 amide bonds. The molecule has 0 aromatic rings. The van der Waals surface area contributed by atoms with Crippen LogP contribution in [0, 0.1) is 5.92 Å². The molecule has 0 heterocycles. The summed E-state index contributed by atoms with van der Waals surface area (Å²) in [5.74, 6) is -3.85. The Balaban J connectivity index is 4.57. The van der Waals surface area contributed by atoms with Crippen LogP contribution in [0.15, 0.2) is 0 Å². The number of carboxylic acids is 2. The minimum atomic E-state index is -2.15. The van der Waals surface area contributed by atoms with Gasteiger partial charge in [-0.15, -0.1) is 0 Å². The zero-order valence-corrected chi connectivity index (χ0v) is 14.7. The summed E-state index contributed by atoms with van der Waals surface area (Å²) in [6.45, 7) is 4.17. The van der Waals surface area contributed by atoms with Crippen LogP contribution in [0.5, 0.6) is 0 Å². The predicted octanol–water partition coefficient (Wildman–Crippen LogP) is 4.22. The highest BCUT2D eigenvalue weighted by atomic mass is 16.4. The average Bonchev–Trinajstić information content (AvgIpc) is 2.50. The second kappa shape index (κ2) is 12.3. The maximum Gasteiger partial charge on any atom is 0.336 e. The molecule has 3 N–H and O–H groups in total. The van der Waals surface area contributed by atoms with Crippen LogP contribution in [-0.4, -0.2) is 32.9 Å². The van der Waals surface area contributed by atoms with Crippen LogP contribution in [0.25, 0.3) is 0 Å². The summed E-state index contributed by atoms with van der Waals surface area (Å²) in [5.41, 5.74) is -2.15. The van der Waals surface area contributed by atoms with E-state index in [2.05, 4.69) is 6.92 Å². The van der Waals surface area contributed by atoms with Crippen LogP contribution in [0.4, 0.5) is 0 Å². The van der Waals surface area contributed by atoms with Crippen molar-refractivity contribution >= 4 is 11.9 Å². The first kappa shape index (κ1) is 21.9. The van der Waals surface area contributed by atoms with Crippen molar-refractivity contribution in [2.24, 2.45) is 5.92 Å². The number of hydrogen-bond acceptors (Lipinski definition) is 3. The number of aliphatic hydroxyl groups is 1. The van der Waals surface area contributed by atoms with Crippen LogP contribution >= 0.6 is 0 Å². The van der Waals surface area contributed by atoms with E-state index in [1.807, 2.05) is 6.92 Å². The highest BCUT2D eigenvalue weighted by Crippen LogP contribution is 2.30. The Kier molecular flexibility index (Phi) is 11.7. The summed E-state index contributed by atoms with van der Waals surface area (Å²) in [5, 5.41) is 29.2. The van der Waals surface area contributed by atoms with Crippen molar-refractivity contribution < 1.29 is 24.9 Å². The average molecular weight is 330 g/mol. The first-order chi connectivity index (χ1) is 10.9. The minimum absolute atomic E-state index is 0.00906. The molecule has 0 radical (unpaired) electrons. The molecule has 136 valence electrons. The Labute approximate surface area is 140 Å². The Bertz CT molecular complexity index is 342. The fourth-order valence-electron chi connectivity index (χ4n) is 2.95. The van der Waals surface area contributed by atoms with Crippen molar-refractivity contribution in [2.75, 3.05) is 0 Å². The Morgan fingerprint density at radius 3 is 1.78 bits per heavy atom. The maximum atomic E-state index is 11.5. The van der Waals surface area contributed by atoms with Crippen molar-refractivity contribution in [2.45, 2.75) is 96.5 Å². The van der Waals surface area contributed by atoms with E-state index in [1.54, 1.807) is 0 Å². The highest BCUT2D eigenvalue weighted by molar-refractivity contribution is 5.85. The van der Waals surface area contributed by atoms with Crippen molar-refractivity contribution in [1.29, 1.82) is 0 Å². The molecule has 0 saturated heterocycles. The Morgan fingerprint density at radius 2 is 1.30 bits per heavy atom. The first-order valence-electron chi connectivity index (χ1n) is 9.08. The highest BCUT2D eigenvalue weighted by Gasteiger charge is 2.47. The van der Waals surface area contributed by atoms with Gasteiger partial charge in [-0.05, 0) is 19.3 Å². The molecule has 0 aromatic carbocycles. The van der Waals surface area contributed by atoms with E-state index in [9.17, 15) is 24.9 Å². The van der Waals surface area contributed by atoms with Crippen molar-refractivity contribution in [3.8, 4) is 0 Å². The molecule has 0 aliphatic heterocycles. The van der Waals surface area contributed by atoms with Gasteiger partial charge < -0.3 is 15.3 Å². The third kappa shape index (κ3) is 8.35. The first-order valence-corrected chi connectivity index (χ1v) is 9.08. The third-order valence-corrected chi connectivity index (χ3v) is 4.50. The number of rotatable bonds is 15. The van der Waals surface area contributed by atoms with Gasteiger partial charge in [0.1, 0.15) is 0 Å². The van der Waals surface area contributed by atoms with Gasteiger partial charge in [0.05, 0.1) is 5.92 Å². The Hall–Kier alpha value is -1.10. The molecule has 5 heteroatoms. The smallest absolute Gasteiger partial charge is 0.336 e. The van der Waals surface area contributed by atoms with E-state index in [4.69, 9.17) is 0 Å². The molecular weight excluding hydrogens is 296 g/mol. The van der Waals surface area contributed by atoms with Crippen molar-refractivity contribution in [3.05, 3.63) is 0 Å². The number of carboxylic acid groups (broad SMARTS) is 2. The third-order valence-electron chi connectivity index (χ3n) is 4.50. The minimum Gasteiger partial charge on any atom is -0.481 e. The normalized spacial score (nSPS) is 15.1. The lowest BCUT2D eigenvalue weighted by Gasteiger charge is -2.30. The summed E-state index contributed by atoms with van der Waals surface area (Å²) in [4.78, 5) is 23.0. The maximum absolute atomic E-state index is 11.5. The lowest BCUT2D eigenvalue weighted by Crippen LogP contribution is -2.49. The summed E-state index contributed by atoms with van der Waals surface area (Å²) in [7, 11) is 0. The standard InChI is InChI=1S/C18H34O5/c1-3-5-7-9-10-11-13-15(16(19)20)18(23,17(21)22)14-12-8-6-4-2/h15,23H,3-14H2,1-2H3,(H,19,20)(H,21,22). The molecule has 0 saturated carbocycles. The molecule has 0 bridgehead atoms. The van der Waals surface area contributed by atoms with E-state index < -0.39 is 23.5 Å². The van der Waals surface area contributed by atoms with E-state index in [0.29, 0.717) is 12.8 Å². The largest absolute Gasteiger partial charge is 0.481 e. The number of hydrogen-bond donors (Lipinski definition) is 3. The van der Waals surface area contributed by atoms with Gasteiger partial charge in [-0.2, -0.15) is 0 Å². The SMILES string of the molecule is CCCCCCCCC(C(=O)O)C(O)(CCCCCC)C(=O)O. The molecular formula is C18H34O5. The monoisotopic (exact) mass is 330 g/mol.